The van der Waals surface area contributed by atoms with Crippen molar-refractivity contribution in [2.24, 2.45) is 0 Å². The summed E-state index contributed by atoms with van der Waals surface area (Å²) in [5.74, 6) is 1.37. The molecule has 0 radical (unpaired) electrons. The summed E-state index contributed by atoms with van der Waals surface area (Å²) >= 11 is 0. The van der Waals surface area contributed by atoms with Gasteiger partial charge >= 0.3 is 6.09 Å². The van der Waals surface area contributed by atoms with Gasteiger partial charge in [-0.1, -0.05) is 24.3 Å². The molecule has 1 saturated heterocycles. The van der Waals surface area contributed by atoms with Gasteiger partial charge in [0.1, 0.15) is 23.1 Å². The van der Waals surface area contributed by atoms with Crippen LogP contribution in [0.5, 0.6) is 5.75 Å². The van der Waals surface area contributed by atoms with Gasteiger partial charge in [-0.05, 0) is 24.3 Å². The van der Waals surface area contributed by atoms with E-state index in [-0.39, 0.29) is 6.10 Å². The molecule has 0 saturated carbocycles. The van der Waals surface area contributed by atoms with E-state index in [0.29, 0.717) is 43.2 Å². The molecule has 1 fully saturated rings. The number of rotatable bonds is 3. The highest BCUT2D eigenvalue weighted by molar-refractivity contribution is 5.86. The van der Waals surface area contributed by atoms with Crippen molar-refractivity contribution in [3.8, 4) is 17.3 Å². The molecule has 4 heterocycles. The number of fused-ring (bicyclic) bond motifs is 2. The Morgan fingerprint density at radius 3 is 2.72 bits per heavy atom. The number of nitrogens with zero attached hydrogens (tertiary/aromatic N) is 5. The normalized spacial score (nSPS) is 15.1. The highest BCUT2D eigenvalue weighted by Crippen LogP contribution is 2.29. The number of benzene rings is 1. The van der Waals surface area contributed by atoms with E-state index in [1.807, 2.05) is 59.1 Å². The Morgan fingerprint density at radius 2 is 1.90 bits per heavy atom. The summed E-state index contributed by atoms with van der Waals surface area (Å²) in [6.07, 6.45) is 2.33. The van der Waals surface area contributed by atoms with Gasteiger partial charge in [0.25, 0.3) is 0 Å². The van der Waals surface area contributed by atoms with Crippen LogP contribution in [0.2, 0.25) is 0 Å². The fourth-order valence-electron chi connectivity index (χ4n) is 3.70. The maximum Gasteiger partial charge on any atom is 0.407 e. The molecular formula is C21H19N5O3. The Hall–Kier alpha value is -3.68. The van der Waals surface area contributed by atoms with Gasteiger partial charge < -0.3 is 14.7 Å². The number of likely N-dealkylation sites (tertiary alicyclic amines) is 1. The lowest BCUT2D eigenvalue weighted by Crippen LogP contribution is -2.41. The average Bonchev–Trinajstić information content (AvgIpc) is 3.18. The van der Waals surface area contributed by atoms with Gasteiger partial charge in [0.15, 0.2) is 11.5 Å². The van der Waals surface area contributed by atoms with Crippen molar-refractivity contribution < 1.29 is 14.6 Å². The van der Waals surface area contributed by atoms with E-state index in [4.69, 9.17) is 14.8 Å². The van der Waals surface area contributed by atoms with Crippen molar-refractivity contribution >= 4 is 22.6 Å². The Balaban J connectivity index is 1.47. The molecule has 4 aromatic rings. The average molecular weight is 389 g/mol. The molecule has 0 atom stereocenters. The van der Waals surface area contributed by atoms with Crippen LogP contribution in [0.1, 0.15) is 12.8 Å². The van der Waals surface area contributed by atoms with Gasteiger partial charge in [0.2, 0.25) is 0 Å². The van der Waals surface area contributed by atoms with Crippen molar-refractivity contribution in [1.29, 1.82) is 0 Å². The molecule has 0 unspecified atom stereocenters. The molecule has 1 aliphatic heterocycles. The summed E-state index contributed by atoms with van der Waals surface area (Å²) < 4.78 is 8.13. The number of amides is 1. The fourth-order valence-corrected chi connectivity index (χ4v) is 3.70. The maximum atomic E-state index is 11.1. The molecule has 8 heteroatoms. The minimum atomic E-state index is -0.875. The van der Waals surface area contributed by atoms with Gasteiger partial charge in [0, 0.05) is 37.5 Å². The van der Waals surface area contributed by atoms with Crippen LogP contribution in [0, 0.1) is 0 Å². The Bertz CT molecular complexity index is 1200. The van der Waals surface area contributed by atoms with Crippen molar-refractivity contribution in [2.45, 2.75) is 18.9 Å². The van der Waals surface area contributed by atoms with E-state index < -0.39 is 6.09 Å². The first-order valence-corrected chi connectivity index (χ1v) is 9.53. The summed E-state index contributed by atoms with van der Waals surface area (Å²) in [5, 5.41) is 18.6. The van der Waals surface area contributed by atoms with Crippen molar-refractivity contribution in [1.82, 2.24) is 24.5 Å². The molecule has 0 bridgehead atoms. The largest absolute Gasteiger partial charge is 0.488 e. The molecule has 0 aliphatic carbocycles. The van der Waals surface area contributed by atoms with Crippen molar-refractivity contribution in [3.05, 3.63) is 54.7 Å². The van der Waals surface area contributed by atoms with E-state index in [1.165, 1.54) is 4.90 Å². The van der Waals surface area contributed by atoms with Gasteiger partial charge in [-0.2, -0.15) is 0 Å². The first-order chi connectivity index (χ1) is 14.2. The predicted octanol–water partition coefficient (Wildman–Crippen LogP) is 3.47. The Morgan fingerprint density at radius 1 is 1.03 bits per heavy atom. The first kappa shape index (κ1) is 17.4. The molecule has 1 N–H and O–H groups in total. The summed E-state index contributed by atoms with van der Waals surface area (Å²) in [7, 11) is 0. The monoisotopic (exact) mass is 389 g/mol. The van der Waals surface area contributed by atoms with Gasteiger partial charge in [-0.15, -0.1) is 10.2 Å². The van der Waals surface area contributed by atoms with E-state index in [0.717, 1.165) is 16.6 Å². The van der Waals surface area contributed by atoms with Crippen LogP contribution in [0.3, 0.4) is 0 Å². The zero-order valence-corrected chi connectivity index (χ0v) is 15.6. The van der Waals surface area contributed by atoms with Crippen LogP contribution in [-0.2, 0) is 0 Å². The summed E-state index contributed by atoms with van der Waals surface area (Å²) in [5.41, 5.74) is 2.24. The molecule has 29 heavy (non-hydrogen) atoms. The molecule has 0 spiro atoms. The predicted molar refractivity (Wildman–Crippen MR) is 107 cm³/mol. The molecule has 1 aromatic carbocycles. The number of aromatic nitrogens is 4. The van der Waals surface area contributed by atoms with Crippen LogP contribution < -0.4 is 4.74 Å². The number of ether oxygens (including phenoxy) is 1. The number of carbonyl (C=O) groups is 1. The third-order valence-corrected chi connectivity index (χ3v) is 5.23. The lowest BCUT2D eigenvalue weighted by Gasteiger charge is -2.30. The molecule has 5 rings (SSSR count). The minimum Gasteiger partial charge on any atom is -0.488 e. The van der Waals surface area contributed by atoms with Crippen molar-refractivity contribution in [3.63, 3.8) is 0 Å². The number of para-hydroxylation sites is 1. The topological polar surface area (TPSA) is 92.8 Å². The van der Waals surface area contributed by atoms with Gasteiger partial charge in [0.05, 0.1) is 0 Å². The summed E-state index contributed by atoms with van der Waals surface area (Å²) in [6, 6.07) is 15.5. The summed E-state index contributed by atoms with van der Waals surface area (Å²) in [6.45, 7) is 0.963. The first-order valence-electron chi connectivity index (χ1n) is 9.53. The quantitative estimate of drug-likeness (QED) is 0.577. The van der Waals surface area contributed by atoms with Crippen molar-refractivity contribution in [2.75, 3.05) is 13.1 Å². The number of pyridine rings is 2. The molecule has 8 nitrogen and oxygen atoms in total. The zero-order valence-electron chi connectivity index (χ0n) is 15.6. The van der Waals surface area contributed by atoms with Gasteiger partial charge in [-0.3, -0.25) is 4.40 Å². The molecule has 146 valence electrons. The zero-order chi connectivity index (χ0) is 19.8. The highest BCUT2D eigenvalue weighted by Gasteiger charge is 2.24. The van der Waals surface area contributed by atoms with Crippen LogP contribution >= 0.6 is 0 Å². The standard InChI is InChI=1S/C21H19N5O3/c27-21(28)25-12-9-15(10-13-25)29-17-5-3-4-14-7-8-16(22-19(14)17)20-24-23-18-6-1-2-11-26(18)20/h1-8,11,15H,9-10,12-13H2,(H,27,28). The van der Waals surface area contributed by atoms with E-state index in [1.54, 1.807) is 0 Å². The second-order valence-electron chi connectivity index (χ2n) is 7.06. The lowest BCUT2D eigenvalue weighted by molar-refractivity contribution is 0.0901. The third kappa shape index (κ3) is 3.22. The second kappa shape index (κ2) is 7.05. The van der Waals surface area contributed by atoms with Crippen LogP contribution in [0.4, 0.5) is 4.79 Å². The van der Waals surface area contributed by atoms with Crippen LogP contribution in [0.15, 0.2) is 54.7 Å². The molecule has 3 aromatic heterocycles. The molecule has 1 aliphatic rings. The third-order valence-electron chi connectivity index (χ3n) is 5.23. The number of carboxylic acid groups (broad SMARTS) is 1. The van der Waals surface area contributed by atoms with Crippen LogP contribution in [0.25, 0.3) is 28.1 Å². The minimum absolute atomic E-state index is 0.0319. The lowest BCUT2D eigenvalue weighted by atomic mass is 10.1. The summed E-state index contributed by atoms with van der Waals surface area (Å²) in [4.78, 5) is 17.3. The Labute approximate surface area is 166 Å². The van der Waals surface area contributed by atoms with E-state index >= 15 is 0 Å². The molecule has 1 amide bonds. The maximum absolute atomic E-state index is 11.1. The number of hydrogen-bond acceptors (Lipinski definition) is 5. The highest BCUT2D eigenvalue weighted by atomic mass is 16.5. The Kier molecular flexibility index (Phi) is 4.23. The molecular weight excluding hydrogens is 370 g/mol. The fraction of sp³-hybridized carbons (Fsp3) is 0.238. The second-order valence-corrected chi connectivity index (χ2v) is 7.06. The van der Waals surface area contributed by atoms with E-state index in [2.05, 4.69) is 10.2 Å². The smallest absolute Gasteiger partial charge is 0.407 e. The van der Waals surface area contributed by atoms with Crippen LogP contribution in [-0.4, -0.2) is 54.9 Å². The van der Waals surface area contributed by atoms with E-state index in [9.17, 15) is 4.79 Å². The number of hydrogen-bond donors (Lipinski definition) is 1. The van der Waals surface area contributed by atoms with Gasteiger partial charge in [-0.25, -0.2) is 9.78 Å². The SMILES string of the molecule is O=C(O)N1CCC(Oc2cccc3ccc(-c4nnc5ccccn45)nc23)CC1. The number of piperidine rings is 1.